The third kappa shape index (κ3) is 4.50. The molecule has 2 rings (SSSR count). The Labute approximate surface area is 171 Å². The van der Waals surface area contributed by atoms with Crippen molar-refractivity contribution in [2.45, 2.75) is 33.7 Å². The summed E-state index contributed by atoms with van der Waals surface area (Å²) in [6.07, 6.45) is 0. The highest BCUT2D eigenvalue weighted by Gasteiger charge is 2.31. The van der Waals surface area contributed by atoms with E-state index in [2.05, 4.69) is 0 Å². The van der Waals surface area contributed by atoms with Gasteiger partial charge < -0.3 is 18.9 Å². The van der Waals surface area contributed by atoms with Crippen molar-refractivity contribution in [2.75, 3.05) is 20.3 Å². The Bertz CT molecular complexity index is 902. The van der Waals surface area contributed by atoms with Crippen LogP contribution >= 0.6 is 0 Å². The summed E-state index contributed by atoms with van der Waals surface area (Å²) < 4.78 is 12.0. The molecule has 0 saturated heterocycles. The highest BCUT2D eigenvalue weighted by molar-refractivity contribution is 6.06. The molecule has 0 saturated carbocycles. The molecule has 2 aromatic rings. The summed E-state index contributed by atoms with van der Waals surface area (Å²) in [6, 6.07) is 8.34. The fourth-order valence-corrected chi connectivity index (χ4v) is 3.49. The number of methoxy groups -OCH3 is 1. The van der Waals surface area contributed by atoms with Crippen LogP contribution in [0.3, 0.4) is 0 Å². The van der Waals surface area contributed by atoms with E-state index < -0.39 is 12.0 Å². The fraction of sp³-hybridized carbons (Fsp3) is 0.409. The van der Waals surface area contributed by atoms with Gasteiger partial charge in [0.2, 0.25) is 0 Å². The smallest absolute Gasteiger partial charge is 0.354 e. The average molecular weight is 400 g/mol. The van der Waals surface area contributed by atoms with E-state index in [1.165, 1.54) is 12.0 Å². The number of ether oxygens (including phenoxy) is 2. The largest absolute Gasteiger partial charge is 0.484 e. The minimum atomic E-state index is -0.697. The number of amides is 1. The number of carbonyl (C=O) groups excluding carboxylic acids is 3. The molecule has 7 heteroatoms. The van der Waals surface area contributed by atoms with E-state index in [1.54, 1.807) is 44.5 Å². The highest BCUT2D eigenvalue weighted by Crippen LogP contribution is 2.24. The van der Waals surface area contributed by atoms with Gasteiger partial charge in [-0.1, -0.05) is 18.2 Å². The summed E-state index contributed by atoms with van der Waals surface area (Å²) >= 11 is 0. The molecule has 1 aromatic carbocycles. The maximum absolute atomic E-state index is 13.2. The summed E-state index contributed by atoms with van der Waals surface area (Å²) in [5.41, 5.74) is 1.99. The van der Waals surface area contributed by atoms with Crippen LogP contribution in [-0.2, 0) is 16.6 Å². The zero-order valence-electron chi connectivity index (χ0n) is 17.8. The minimum absolute atomic E-state index is 0.157. The van der Waals surface area contributed by atoms with Gasteiger partial charge in [-0.15, -0.1) is 0 Å². The summed E-state index contributed by atoms with van der Waals surface area (Å²) in [5.74, 6) is -0.412. The molecule has 1 amide bonds. The zero-order chi connectivity index (χ0) is 21.7. The van der Waals surface area contributed by atoms with Crippen molar-refractivity contribution in [3.05, 3.63) is 52.8 Å². The second-order valence-corrected chi connectivity index (χ2v) is 6.81. The number of aromatic nitrogens is 1. The van der Waals surface area contributed by atoms with Gasteiger partial charge in [-0.05, 0) is 45.4 Å². The highest BCUT2D eigenvalue weighted by atomic mass is 16.5. The Kier molecular flexibility index (Phi) is 7.20. The SMILES string of the molecule is CCN(C(=O)COc1ccccc1)C(C)C(=O)c1c(C)c(C(=O)OC)n(C)c1C. The maximum atomic E-state index is 13.2. The van der Waals surface area contributed by atoms with Crippen LogP contribution in [0.1, 0.15) is 46.0 Å². The fourth-order valence-electron chi connectivity index (χ4n) is 3.49. The maximum Gasteiger partial charge on any atom is 0.354 e. The molecule has 0 radical (unpaired) electrons. The lowest BCUT2D eigenvalue weighted by molar-refractivity contribution is -0.134. The normalized spacial score (nSPS) is 11.7. The van der Waals surface area contributed by atoms with Crippen molar-refractivity contribution in [1.82, 2.24) is 9.47 Å². The number of benzene rings is 1. The van der Waals surface area contributed by atoms with Gasteiger partial charge in [-0.3, -0.25) is 9.59 Å². The van der Waals surface area contributed by atoms with Crippen LogP contribution in [0.2, 0.25) is 0 Å². The van der Waals surface area contributed by atoms with Crippen molar-refractivity contribution in [2.24, 2.45) is 7.05 Å². The third-order valence-corrected chi connectivity index (χ3v) is 5.17. The first-order valence-electron chi connectivity index (χ1n) is 9.50. The molecule has 1 atom stereocenters. The Morgan fingerprint density at radius 3 is 2.31 bits per heavy atom. The molecule has 0 aliphatic rings. The first kappa shape index (κ1) is 22.2. The van der Waals surface area contributed by atoms with Crippen molar-refractivity contribution in [1.29, 1.82) is 0 Å². The lowest BCUT2D eigenvalue weighted by Crippen LogP contribution is -2.45. The number of ketones is 1. The molecular formula is C22H28N2O5. The van der Waals surface area contributed by atoms with E-state index in [-0.39, 0.29) is 18.3 Å². The molecule has 0 spiro atoms. The van der Waals surface area contributed by atoms with Crippen molar-refractivity contribution in [3.63, 3.8) is 0 Å². The first-order chi connectivity index (χ1) is 13.7. The van der Waals surface area contributed by atoms with Crippen LogP contribution in [0.15, 0.2) is 30.3 Å². The second kappa shape index (κ2) is 9.41. The van der Waals surface area contributed by atoms with E-state index >= 15 is 0 Å². The summed E-state index contributed by atoms with van der Waals surface area (Å²) in [7, 11) is 3.02. The summed E-state index contributed by atoms with van der Waals surface area (Å²) in [5, 5.41) is 0. The molecule has 7 nitrogen and oxygen atoms in total. The molecule has 0 fully saturated rings. The number of carbonyl (C=O) groups is 3. The molecule has 156 valence electrons. The van der Waals surface area contributed by atoms with E-state index in [9.17, 15) is 14.4 Å². The molecule has 1 aromatic heterocycles. The Hall–Kier alpha value is -3.09. The van der Waals surface area contributed by atoms with E-state index in [0.717, 1.165) is 0 Å². The van der Waals surface area contributed by atoms with Gasteiger partial charge in [0.1, 0.15) is 11.4 Å². The monoisotopic (exact) mass is 400 g/mol. The lowest BCUT2D eigenvalue weighted by Gasteiger charge is -2.27. The zero-order valence-corrected chi connectivity index (χ0v) is 17.8. The number of nitrogens with zero attached hydrogens (tertiary/aromatic N) is 2. The van der Waals surface area contributed by atoms with Crippen molar-refractivity contribution in [3.8, 4) is 5.75 Å². The topological polar surface area (TPSA) is 77.8 Å². The van der Waals surface area contributed by atoms with Crippen molar-refractivity contribution < 1.29 is 23.9 Å². The number of hydrogen-bond acceptors (Lipinski definition) is 5. The van der Waals surface area contributed by atoms with Gasteiger partial charge in [-0.2, -0.15) is 0 Å². The number of para-hydroxylation sites is 1. The van der Waals surface area contributed by atoms with Gasteiger partial charge >= 0.3 is 5.97 Å². The second-order valence-electron chi connectivity index (χ2n) is 6.81. The predicted molar refractivity (Wildman–Crippen MR) is 109 cm³/mol. The minimum Gasteiger partial charge on any atom is -0.484 e. The number of hydrogen-bond donors (Lipinski definition) is 0. The number of esters is 1. The van der Waals surface area contributed by atoms with Gasteiger partial charge in [0.05, 0.1) is 13.2 Å². The van der Waals surface area contributed by atoms with E-state index in [1.807, 2.05) is 25.1 Å². The molecule has 0 aliphatic heterocycles. The first-order valence-corrected chi connectivity index (χ1v) is 9.50. The summed E-state index contributed by atoms with van der Waals surface area (Å²) in [4.78, 5) is 39.5. The molecular weight excluding hydrogens is 372 g/mol. The van der Waals surface area contributed by atoms with Crippen LogP contribution in [0.4, 0.5) is 0 Å². The van der Waals surface area contributed by atoms with Crippen LogP contribution in [0.5, 0.6) is 5.75 Å². The van der Waals surface area contributed by atoms with E-state index in [4.69, 9.17) is 9.47 Å². The number of likely N-dealkylation sites (N-methyl/N-ethyl adjacent to an activating group) is 1. The average Bonchev–Trinajstić information content (AvgIpc) is 2.95. The van der Waals surface area contributed by atoms with Gasteiger partial charge in [0.25, 0.3) is 5.91 Å². The predicted octanol–water partition coefficient (Wildman–Crippen LogP) is 2.93. The molecule has 0 aliphatic carbocycles. The van der Waals surface area contributed by atoms with Crippen LogP contribution in [-0.4, -0.2) is 53.4 Å². The quantitative estimate of drug-likeness (QED) is 0.503. The molecule has 0 bridgehead atoms. The Morgan fingerprint density at radius 2 is 1.76 bits per heavy atom. The Balaban J connectivity index is 2.23. The lowest BCUT2D eigenvalue weighted by atomic mass is 10.00. The van der Waals surface area contributed by atoms with E-state index in [0.29, 0.717) is 34.8 Å². The molecule has 1 unspecified atom stereocenters. The standard InChI is InChI=1S/C22H28N2O5/c1-7-24(18(25)13-29-17-11-9-8-10-12-17)16(4)21(26)19-14(2)20(22(27)28-6)23(5)15(19)3/h8-12,16H,7,13H2,1-6H3. The molecule has 0 N–H and O–H groups in total. The van der Waals surface area contributed by atoms with Gasteiger partial charge in [0, 0.05) is 24.8 Å². The van der Waals surface area contributed by atoms with Crippen LogP contribution in [0.25, 0.3) is 0 Å². The van der Waals surface area contributed by atoms with Crippen LogP contribution < -0.4 is 4.74 Å². The molecule has 29 heavy (non-hydrogen) atoms. The van der Waals surface area contributed by atoms with Crippen molar-refractivity contribution >= 4 is 17.7 Å². The van der Waals surface area contributed by atoms with Gasteiger partial charge in [0.15, 0.2) is 12.4 Å². The summed E-state index contributed by atoms with van der Waals surface area (Å²) in [6.45, 7) is 7.20. The number of Topliss-reactive ketones (excluding diaryl/α,β-unsaturated/α-hetero) is 1. The van der Waals surface area contributed by atoms with Gasteiger partial charge in [-0.25, -0.2) is 4.79 Å². The number of rotatable bonds is 8. The van der Waals surface area contributed by atoms with Crippen LogP contribution in [0, 0.1) is 13.8 Å². The molecule has 1 heterocycles. The third-order valence-electron chi connectivity index (χ3n) is 5.17. The Morgan fingerprint density at radius 1 is 1.14 bits per heavy atom.